The number of carbonyl (C=O) groups is 2. The van der Waals surface area contributed by atoms with E-state index in [4.69, 9.17) is 23.8 Å². The van der Waals surface area contributed by atoms with Crippen molar-refractivity contribution in [1.82, 2.24) is 10.2 Å². The smallest absolute Gasteiger partial charge is 0.257 e. The minimum absolute atomic E-state index is 0.0482. The van der Waals surface area contributed by atoms with Crippen molar-refractivity contribution in [2.45, 2.75) is 6.92 Å². The zero-order valence-corrected chi connectivity index (χ0v) is 20.3. The van der Waals surface area contributed by atoms with Gasteiger partial charge in [-0.3, -0.25) is 14.9 Å². The average Bonchev–Trinajstić information content (AvgIpc) is 2.85. The highest BCUT2D eigenvalue weighted by molar-refractivity contribution is 7.80. The molecule has 0 atom stereocenters. The van der Waals surface area contributed by atoms with Crippen LogP contribution in [-0.2, 0) is 0 Å². The highest BCUT2D eigenvalue weighted by Gasteiger charge is 2.23. The second-order valence-corrected chi connectivity index (χ2v) is 8.90. The van der Waals surface area contributed by atoms with Gasteiger partial charge in [0.25, 0.3) is 11.8 Å². The molecule has 174 valence electrons. The van der Waals surface area contributed by atoms with E-state index in [1.807, 2.05) is 66.4 Å². The van der Waals surface area contributed by atoms with Crippen LogP contribution in [0.5, 0.6) is 0 Å². The SMILES string of the molecule is Cc1ccc(C(=O)NC(=S)Nc2ccc(N3CCN(C(=O)c4ccccc4)CC3)c(Cl)c2)cc1. The van der Waals surface area contributed by atoms with Gasteiger partial charge in [0.2, 0.25) is 0 Å². The number of aryl methyl sites for hydroxylation is 1. The van der Waals surface area contributed by atoms with E-state index in [-0.39, 0.29) is 16.9 Å². The first-order chi connectivity index (χ1) is 16.4. The fourth-order valence-corrected chi connectivity index (χ4v) is 4.31. The van der Waals surface area contributed by atoms with Gasteiger partial charge in [-0.1, -0.05) is 47.5 Å². The van der Waals surface area contributed by atoms with Gasteiger partial charge in [-0.25, -0.2) is 0 Å². The van der Waals surface area contributed by atoms with E-state index >= 15 is 0 Å². The van der Waals surface area contributed by atoms with Crippen molar-refractivity contribution < 1.29 is 9.59 Å². The van der Waals surface area contributed by atoms with Crippen molar-refractivity contribution in [2.75, 3.05) is 36.4 Å². The summed E-state index contributed by atoms with van der Waals surface area (Å²) in [5.74, 6) is -0.227. The van der Waals surface area contributed by atoms with Crippen molar-refractivity contribution in [1.29, 1.82) is 0 Å². The molecule has 3 aromatic carbocycles. The summed E-state index contributed by atoms with van der Waals surface area (Å²) in [4.78, 5) is 29.1. The van der Waals surface area contributed by atoms with E-state index < -0.39 is 0 Å². The summed E-state index contributed by atoms with van der Waals surface area (Å²) in [6.45, 7) is 4.59. The van der Waals surface area contributed by atoms with Crippen LogP contribution in [0.1, 0.15) is 26.3 Å². The van der Waals surface area contributed by atoms with Gasteiger partial charge in [-0.2, -0.15) is 0 Å². The summed E-state index contributed by atoms with van der Waals surface area (Å²) < 4.78 is 0. The van der Waals surface area contributed by atoms with E-state index in [9.17, 15) is 9.59 Å². The maximum absolute atomic E-state index is 12.7. The van der Waals surface area contributed by atoms with Crippen LogP contribution in [0.2, 0.25) is 5.02 Å². The molecule has 2 amide bonds. The number of carbonyl (C=O) groups excluding carboxylic acids is 2. The molecule has 1 heterocycles. The molecular formula is C26H25ClN4O2S. The average molecular weight is 493 g/mol. The van der Waals surface area contributed by atoms with Gasteiger partial charge in [0.05, 0.1) is 10.7 Å². The van der Waals surface area contributed by atoms with Crippen LogP contribution in [0.25, 0.3) is 0 Å². The number of anilines is 2. The summed E-state index contributed by atoms with van der Waals surface area (Å²) in [6, 6.07) is 22.2. The molecular weight excluding hydrogens is 468 g/mol. The minimum Gasteiger partial charge on any atom is -0.367 e. The summed E-state index contributed by atoms with van der Waals surface area (Å²) in [6.07, 6.45) is 0. The number of hydrogen-bond donors (Lipinski definition) is 2. The van der Waals surface area contributed by atoms with Gasteiger partial charge < -0.3 is 15.1 Å². The van der Waals surface area contributed by atoms with Gasteiger partial charge in [0.1, 0.15) is 0 Å². The molecule has 3 aromatic rings. The van der Waals surface area contributed by atoms with Crippen LogP contribution in [0.4, 0.5) is 11.4 Å². The first-order valence-corrected chi connectivity index (χ1v) is 11.8. The molecule has 0 aromatic heterocycles. The predicted octanol–water partition coefficient (Wildman–Crippen LogP) is 4.74. The predicted molar refractivity (Wildman–Crippen MR) is 141 cm³/mol. The standard InChI is InChI=1S/C26H25ClN4O2S/c1-18-7-9-19(10-8-18)24(32)29-26(34)28-21-11-12-23(22(27)17-21)30-13-15-31(16-14-30)25(33)20-5-3-2-4-6-20/h2-12,17H,13-16H2,1H3,(H2,28,29,32,34). The molecule has 8 heteroatoms. The molecule has 34 heavy (non-hydrogen) atoms. The number of halogens is 1. The number of hydrogen-bond acceptors (Lipinski definition) is 4. The second-order valence-electron chi connectivity index (χ2n) is 8.09. The maximum atomic E-state index is 12.7. The number of benzene rings is 3. The molecule has 4 rings (SSSR count). The maximum Gasteiger partial charge on any atom is 0.257 e. The number of rotatable bonds is 4. The summed E-state index contributed by atoms with van der Waals surface area (Å²) in [5, 5.41) is 6.46. The number of piperazine rings is 1. The summed E-state index contributed by atoms with van der Waals surface area (Å²) in [5.41, 5.74) is 3.90. The third-order valence-electron chi connectivity index (χ3n) is 5.67. The second kappa shape index (κ2) is 10.7. The Morgan fingerprint density at radius 1 is 0.882 bits per heavy atom. The van der Waals surface area contributed by atoms with Gasteiger partial charge >= 0.3 is 0 Å². The van der Waals surface area contributed by atoms with Crippen LogP contribution in [0, 0.1) is 6.92 Å². The van der Waals surface area contributed by atoms with Crippen LogP contribution in [-0.4, -0.2) is 48.0 Å². The van der Waals surface area contributed by atoms with E-state index in [1.54, 1.807) is 18.2 Å². The first-order valence-electron chi connectivity index (χ1n) is 11.0. The lowest BCUT2D eigenvalue weighted by Crippen LogP contribution is -2.48. The Bertz CT molecular complexity index is 1190. The molecule has 1 fully saturated rings. The van der Waals surface area contributed by atoms with Gasteiger partial charge in [0, 0.05) is 43.0 Å². The molecule has 6 nitrogen and oxygen atoms in total. The molecule has 0 saturated carbocycles. The zero-order chi connectivity index (χ0) is 24.1. The van der Waals surface area contributed by atoms with E-state index in [0.29, 0.717) is 48.0 Å². The Hall–Kier alpha value is -3.42. The molecule has 0 spiro atoms. The zero-order valence-electron chi connectivity index (χ0n) is 18.8. The largest absolute Gasteiger partial charge is 0.367 e. The van der Waals surface area contributed by atoms with Gasteiger partial charge in [-0.05, 0) is 61.6 Å². The molecule has 1 saturated heterocycles. The van der Waals surface area contributed by atoms with Crippen molar-refractivity contribution in [3.63, 3.8) is 0 Å². The van der Waals surface area contributed by atoms with Crippen molar-refractivity contribution in [2.24, 2.45) is 0 Å². The van der Waals surface area contributed by atoms with Gasteiger partial charge in [-0.15, -0.1) is 0 Å². The third kappa shape index (κ3) is 5.73. The first kappa shape index (κ1) is 23.7. The molecule has 0 unspecified atom stereocenters. The fraction of sp³-hybridized carbons (Fsp3) is 0.192. The Balaban J connectivity index is 1.32. The van der Waals surface area contributed by atoms with Crippen LogP contribution >= 0.6 is 23.8 Å². The van der Waals surface area contributed by atoms with Crippen molar-refractivity contribution in [3.8, 4) is 0 Å². The number of nitrogens with zero attached hydrogens (tertiary/aromatic N) is 2. The van der Waals surface area contributed by atoms with Crippen molar-refractivity contribution in [3.05, 3.63) is 94.5 Å². The van der Waals surface area contributed by atoms with Crippen LogP contribution < -0.4 is 15.5 Å². The highest BCUT2D eigenvalue weighted by atomic mass is 35.5. The number of thiocarbonyl (C=S) groups is 1. The highest BCUT2D eigenvalue weighted by Crippen LogP contribution is 2.30. The molecule has 1 aliphatic rings. The van der Waals surface area contributed by atoms with E-state index in [2.05, 4.69) is 15.5 Å². The lowest BCUT2D eigenvalue weighted by atomic mass is 10.1. The van der Waals surface area contributed by atoms with E-state index in [1.165, 1.54) is 0 Å². The molecule has 0 aliphatic carbocycles. The lowest BCUT2D eigenvalue weighted by Gasteiger charge is -2.36. The molecule has 0 radical (unpaired) electrons. The summed E-state index contributed by atoms with van der Waals surface area (Å²) >= 11 is 11.8. The Labute approximate surface area is 209 Å². The number of nitrogens with one attached hydrogen (secondary N) is 2. The monoisotopic (exact) mass is 492 g/mol. The lowest BCUT2D eigenvalue weighted by molar-refractivity contribution is 0.0746. The summed E-state index contributed by atoms with van der Waals surface area (Å²) in [7, 11) is 0. The Kier molecular flexibility index (Phi) is 7.45. The molecule has 2 N–H and O–H groups in total. The normalized spacial score (nSPS) is 13.4. The van der Waals surface area contributed by atoms with Crippen LogP contribution in [0.15, 0.2) is 72.8 Å². The van der Waals surface area contributed by atoms with Gasteiger partial charge in [0.15, 0.2) is 5.11 Å². The Morgan fingerprint density at radius 3 is 2.21 bits per heavy atom. The molecule has 1 aliphatic heterocycles. The minimum atomic E-state index is -0.275. The van der Waals surface area contributed by atoms with E-state index in [0.717, 1.165) is 11.3 Å². The molecule has 0 bridgehead atoms. The number of amides is 2. The third-order valence-corrected chi connectivity index (χ3v) is 6.18. The fourth-order valence-electron chi connectivity index (χ4n) is 3.80. The Morgan fingerprint density at radius 2 is 1.56 bits per heavy atom. The quantitative estimate of drug-likeness (QED) is 0.515. The topological polar surface area (TPSA) is 64.7 Å². The van der Waals surface area contributed by atoms with Crippen molar-refractivity contribution >= 4 is 52.1 Å². The van der Waals surface area contributed by atoms with Crippen LogP contribution in [0.3, 0.4) is 0 Å².